The Morgan fingerprint density at radius 1 is 0.986 bits per heavy atom. The van der Waals surface area contributed by atoms with Crippen LogP contribution in [0, 0.1) is 11.8 Å². The van der Waals surface area contributed by atoms with E-state index in [2.05, 4.69) is 4.98 Å². The second kappa shape index (κ2) is 28.5. The quantitative estimate of drug-likeness (QED) is 0.123. The number of likely N-dealkylation sites (N-methyl/N-ethyl adjacent to an activating group) is 2. The number of rotatable bonds is 17. The van der Waals surface area contributed by atoms with Crippen molar-refractivity contribution in [1.82, 2.24) is 19.4 Å². The molecule has 20 nitrogen and oxygen atoms in total. The molecule has 74 heavy (non-hydrogen) atoms. The summed E-state index contributed by atoms with van der Waals surface area (Å²) in [5.41, 5.74) is 0.542. The highest BCUT2D eigenvalue weighted by Crippen LogP contribution is 2.39. The summed E-state index contributed by atoms with van der Waals surface area (Å²) < 4.78 is 58.1. The first-order valence-corrected chi connectivity index (χ1v) is 26.0. The van der Waals surface area contributed by atoms with Crippen LogP contribution in [0.4, 0.5) is 0 Å². The fraction of sp³-hybridized carbons (Fsp3) is 0.704. The molecule has 0 amide bonds. The number of esters is 4. The number of aliphatic hydroxyl groups is 2. The fourth-order valence-corrected chi connectivity index (χ4v) is 10.4. The van der Waals surface area contributed by atoms with Crippen molar-refractivity contribution in [2.24, 2.45) is 11.8 Å². The standard InChI is InChI=1S/C54H82N4O16/c1-12-43(62)70-42-29-45(64)69-40(20-15-18-37-17-14-19-39(28-37)58-25-23-55-32-58)21-16-24-57(10)31-41(61)33(3)27-38(22-26-59)50(51(42)66-11)73-53-48(65)47(56(8)9)49(34(4)68-53)72-46-30-54(7,74-36(6)60)52(35(5)67-46)71-44(63)13-2/h14-15,17-19,23,25-26,28,32-35,38,40-42,46-53,61,65H,12-13,16,20-22,24,27,29-31H2,1-11H3/b18-15+/t33-,34?,35?,38+,40+,41+,42-,46+,47?,48?,49+,50+,51+,52+,53+,54?/m1/s1. The lowest BCUT2D eigenvalue weighted by Gasteiger charge is -2.50. The minimum atomic E-state index is -1.44. The molecular formula is C54H82N4O16. The number of aliphatic hydroxyl groups excluding tert-OH is 2. The van der Waals surface area contributed by atoms with Gasteiger partial charge in [-0.25, -0.2) is 4.98 Å². The van der Waals surface area contributed by atoms with E-state index in [-0.39, 0.29) is 32.1 Å². The van der Waals surface area contributed by atoms with Crippen molar-refractivity contribution >= 4 is 36.2 Å². The van der Waals surface area contributed by atoms with Crippen LogP contribution in [0.25, 0.3) is 11.8 Å². The lowest BCUT2D eigenvalue weighted by Crippen LogP contribution is -2.66. The molecular weight excluding hydrogens is 961 g/mol. The number of methoxy groups -OCH3 is 1. The number of cyclic esters (lactones) is 1. The molecule has 20 heteroatoms. The molecule has 4 heterocycles. The first-order chi connectivity index (χ1) is 35.2. The van der Waals surface area contributed by atoms with Gasteiger partial charge < -0.3 is 72.0 Å². The van der Waals surface area contributed by atoms with Crippen LogP contribution in [-0.4, -0.2) is 186 Å². The van der Waals surface area contributed by atoms with Gasteiger partial charge in [0.25, 0.3) is 0 Å². The molecule has 5 unspecified atom stereocenters. The molecule has 2 aromatic rings. The van der Waals surface area contributed by atoms with E-state index in [1.165, 1.54) is 14.0 Å². The van der Waals surface area contributed by atoms with Gasteiger partial charge in [-0.15, -0.1) is 0 Å². The first kappa shape index (κ1) is 60.2. The molecule has 3 aliphatic rings. The highest BCUT2D eigenvalue weighted by atomic mass is 16.7. The van der Waals surface area contributed by atoms with Crippen molar-refractivity contribution in [3.63, 3.8) is 0 Å². The van der Waals surface area contributed by atoms with Gasteiger partial charge in [0, 0.05) is 70.8 Å². The zero-order valence-corrected chi connectivity index (χ0v) is 45.1. The van der Waals surface area contributed by atoms with Gasteiger partial charge in [-0.1, -0.05) is 45.1 Å². The van der Waals surface area contributed by atoms with Crippen LogP contribution in [0.15, 0.2) is 49.1 Å². The average molecular weight is 1040 g/mol. The molecule has 2 N–H and O–H groups in total. The van der Waals surface area contributed by atoms with E-state index in [0.29, 0.717) is 32.4 Å². The largest absolute Gasteiger partial charge is 0.462 e. The van der Waals surface area contributed by atoms with Gasteiger partial charge in [0.05, 0.1) is 43.2 Å². The minimum Gasteiger partial charge on any atom is -0.462 e. The number of nitrogens with zero attached hydrogens (tertiary/aromatic N) is 4. The van der Waals surface area contributed by atoms with Gasteiger partial charge in [-0.2, -0.15) is 0 Å². The van der Waals surface area contributed by atoms with Crippen molar-refractivity contribution in [3.05, 3.63) is 54.6 Å². The maximum Gasteiger partial charge on any atom is 0.309 e. The summed E-state index contributed by atoms with van der Waals surface area (Å²) in [6.45, 7) is 12.4. The number of carbonyl (C=O) groups excluding carboxylic acids is 5. The van der Waals surface area contributed by atoms with Crippen molar-refractivity contribution in [3.8, 4) is 5.69 Å². The molecule has 0 spiro atoms. The average Bonchev–Trinajstić information content (AvgIpc) is 3.89. The second-order valence-electron chi connectivity index (χ2n) is 20.4. The molecule has 0 radical (unpaired) electrons. The van der Waals surface area contributed by atoms with E-state index in [0.717, 1.165) is 17.5 Å². The van der Waals surface area contributed by atoms with E-state index in [1.54, 1.807) is 66.1 Å². The fourth-order valence-electron chi connectivity index (χ4n) is 10.4. The van der Waals surface area contributed by atoms with E-state index < -0.39 is 127 Å². The van der Waals surface area contributed by atoms with Gasteiger partial charge in [0.15, 0.2) is 24.3 Å². The molecule has 1 aromatic heterocycles. The minimum absolute atomic E-state index is 0.0253. The predicted octanol–water partition coefficient (Wildman–Crippen LogP) is 4.82. The normalized spacial score (nSPS) is 34.2. The maximum atomic E-state index is 14.2. The number of hydrogen-bond acceptors (Lipinski definition) is 19. The summed E-state index contributed by atoms with van der Waals surface area (Å²) in [6.07, 6.45) is -1.16. The summed E-state index contributed by atoms with van der Waals surface area (Å²) >= 11 is 0. The van der Waals surface area contributed by atoms with Crippen LogP contribution in [0.1, 0.15) is 112 Å². The van der Waals surface area contributed by atoms with Crippen LogP contribution >= 0.6 is 0 Å². The van der Waals surface area contributed by atoms with Gasteiger partial charge in [0.1, 0.15) is 36.8 Å². The summed E-state index contributed by atoms with van der Waals surface area (Å²) in [7, 11) is 6.80. The van der Waals surface area contributed by atoms with Crippen molar-refractivity contribution < 1.29 is 76.8 Å². The second-order valence-corrected chi connectivity index (χ2v) is 20.4. The third-order valence-corrected chi connectivity index (χ3v) is 14.2. The number of ether oxygens (including phenoxy) is 9. The molecule has 0 bridgehead atoms. The molecule has 3 aliphatic heterocycles. The van der Waals surface area contributed by atoms with Crippen LogP contribution in [0.5, 0.6) is 0 Å². The molecule has 5 rings (SSSR count). The molecule has 1 aromatic carbocycles. The van der Waals surface area contributed by atoms with Gasteiger partial charge >= 0.3 is 23.9 Å². The summed E-state index contributed by atoms with van der Waals surface area (Å²) in [5.74, 6) is -3.47. The molecule has 3 fully saturated rings. The number of imidazole rings is 1. The van der Waals surface area contributed by atoms with Crippen LogP contribution < -0.4 is 0 Å². The van der Waals surface area contributed by atoms with Crippen molar-refractivity contribution in [2.45, 2.75) is 192 Å². The van der Waals surface area contributed by atoms with E-state index in [1.807, 2.05) is 66.1 Å². The summed E-state index contributed by atoms with van der Waals surface area (Å²) in [6, 6.07) is 7.09. The van der Waals surface area contributed by atoms with Gasteiger partial charge in [-0.05, 0) is 97.3 Å². The lowest BCUT2D eigenvalue weighted by molar-refractivity contribution is -0.344. The van der Waals surface area contributed by atoms with Crippen molar-refractivity contribution in [2.75, 3.05) is 41.3 Å². The number of aldehydes is 1. The summed E-state index contributed by atoms with van der Waals surface area (Å²) in [5, 5.41) is 24.0. The number of β-amino-alcohol motifs (C(OH)–C–C–N with tert-alkyl or cyclic N) is 1. The first-order valence-electron chi connectivity index (χ1n) is 26.0. The van der Waals surface area contributed by atoms with Crippen molar-refractivity contribution in [1.29, 1.82) is 0 Å². The molecule has 0 aliphatic carbocycles. The maximum absolute atomic E-state index is 14.2. The van der Waals surface area contributed by atoms with E-state index in [9.17, 15) is 34.2 Å². The SMILES string of the molecule is CCC(=O)O[C@@H]1CC(=O)O[C@@H](C/C=C/c2cccc(-n3ccnc3)c2)CCCN(C)C[C@H](O)[C@H](C)C[C@H](CC=O)[C@H](O[C@@H]2OC(C)[C@H](O[C@H]3CC(C)(OC(C)=O)[C@@H](OC(=O)CC)C(C)O3)C(N(C)C)C2O)[C@H]1OC. The Hall–Kier alpha value is -4.64. The van der Waals surface area contributed by atoms with Crippen LogP contribution in [0.3, 0.4) is 0 Å². The number of aromatic nitrogens is 2. The molecule has 0 saturated carbocycles. The summed E-state index contributed by atoms with van der Waals surface area (Å²) in [4.78, 5) is 72.9. The van der Waals surface area contributed by atoms with Crippen LogP contribution in [0.2, 0.25) is 0 Å². The third-order valence-electron chi connectivity index (χ3n) is 14.2. The Morgan fingerprint density at radius 3 is 2.36 bits per heavy atom. The Bertz CT molecular complexity index is 2130. The number of hydrogen-bond donors (Lipinski definition) is 2. The topological polar surface area (TPSA) is 233 Å². The highest BCUT2D eigenvalue weighted by Gasteiger charge is 2.54. The monoisotopic (exact) mass is 1040 g/mol. The van der Waals surface area contributed by atoms with Gasteiger partial charge in [-0.3, -0.25) is 19.2 Å². The zero-order chi connectivity index (χ0) is 54.3. The Kier molecular flexibility index (Phi) is 23.2. The molecule has 16 atom stereocenters. The number of benzene rings is 1. The Morgan fingerprint density at radius 2 is 1.72 bits per heavy atom. The predicted molar refractivity (Wildman–Crippen MR) is 270 cm³/mol. The highest BCUT2D eigenvalue weighted by molar-refractivity contribution is 5.73. The Balaban J connectivity index is 1.45. The molecule has 3 saturated heterocycles. The van der Waals surface area contributed by atoms with E-state index in [4.69, 9.17) is 42.6 Å². The lowest BCUT2D eigenvalue weighted by atomic mass is 9.82. The Labute approximate surface area is 436 Å². The number of carbonyl (C=O) groups is 5. The zero-order valence-electron chi connectivity index (χ0n) is 45.1. The van der Waals surface area contributed by atoms with Gasteiger partial charge in [0.2, 0.25) is 0 Å². The third kappa shape index (κ3) is 16.7. The van der Waals surface area contributed by atoms with Crippen LogP contribution in [-0.2, 0) is 66.6 Å². The smallest absolute Gasteiger partial charge is 0.309 e. The van der Waals surface area contributed by atoms with E-state index >= 15 is 0 Å². The molecule has 414 valence electrons.